The van der Waals surface area contributed by atoms with Crippen LogP contribution in [0.4, 0.5) is 10.1 Å². The number of esters is 2. The van der Waals surface area contributed by atoms with Crippen molar-refractivity contribution in [2.75, 3.05) is 18.2 Å². The Morgan fingerprint density at radius 2 is 1.76 bits per heavy atom. The van der Waals surface area contributed by atoms with Crippen molar-refractivity contribution in [1.29, 1.82) is 0 Å². The van der Waals surface area contributed by atoms with E-state index >= 15 is 0 Å². The van der Waals surface area contributed by atoms with Gasteiger partial charge < -0.3 is 14.4 Å². The average molecular weight is 297 g/mol. The van der Waals surface area contributed by atoms with Gasteiger partial charge >= 0.3 is 11.9 Å². The van der Waals surface area contributed by atoms with Gasteiger partial charge in [-0.2, -0.15) is 0 Å². The molecule has 1 rings (SSSR count). The molecule has 0 saturated heterocycles. The molecule has 0 bridgehead atoms. The van der Waals surface area contributed by atoms with Crippen molar-refractivity contribution in [3.8, 4) is 0 Å². The lowest BCUT2D eigenvalue weighted by atomic mass is 10.2. The minimum Gasteiger partial charge on any atom is -0.459 e. The van der Waals surface area contributed by atoms with E-state index in [0.717, 1.165) is 0 Å². The highest BCUT2D eigenvalue weighted by atomic mass is 19.1. The smallest absolute Gasteiger partial charge is 0.326 e. The Kier molecular flexibility index (Phi) is 5.69. The maximum absolute atomic E-state index is 13.0. The van der Waals surface area contributed by atoms with E-state index in [9.17, 15) is 14.0 Å². The van der Waals surface area contributed by atoms with Gasteiger partial charge in [0.15, 0.2) is 6.73 Å². The predicted octanol–water partition coefficient (Wildman–Crippen LogP) is 2.49. The fraction of sp³-hybridized carbons (Fsp3) is 0.467. The van der Waals surface area contributed by atoms with Crippen LogP contribution < -0.4 is 4.90 Å². The number of halogens is 1. The third-order valence-corrected chi connectivity index (χ3v) is 2.36. The highest BCUT2D eigenvalue weighted by molar-refractivity contribution is 5.76. The van der Waals surface area contributed by atoms with Gasteiger partial charge in [0.1, 0.15) is 18.0 Å². The molecular weight excluding hydrogens is 277 g/mol. The minimum atomic E-state index is -0.604. The molecule has 0 saturated carbocycles. The first-order chi connectivity index (χ1) is 9.67. The Balaban J connectivity index is 2.79. The Morgan fingerprint density at radius 1 is 1.19 bits per heavy atom. The number of carbonyl (C=O) groups excluding carboxylic acids is 2. The fourth-order valence-corrected chi connectivity index (χ4v) is 1.56. The van der Waals surface area contributed by atoms with E-state index in [-0.39, 0.29) is 19.1 Å². The molecule has 1 aromatic carbocycles. The molecule has 0 unspecified atom stereocenters. The van der Waals surface area contributed by atoms with Gasteiger partial charge in [0.2, 0.25) is 0 Å². The van der Waals surface area contributed by atoms with Gasteiger partial charge in [-0.05, 0) is 45.0 Å². The molecule has 0 aromatic heterocycles. The van der Waals surface area contributed by atoms with E-state index in [1.54, 1.807) is 20.8 Å². The summed E-state index contributed by atoms with van der Waals surface area (Å²) in [5, 5.41) is 0. The van der Waals surface area contributed by atoms with Gasteiger partial charge in [-0.1, -0.05) is 0 Å². The molecule has 0 spiro atoms. The molecule has 0 N–H and O–H groups in total. The van der Waals surface area contributed by atoms with E-state index in [1.807, 2.05) is 0 Å². The maximum atomic E-state index is 13.0. The molecule has 0 aliphatic carbocycles. The molecule has 0 aliphatic rings. The number of hydrogen-bond donors (Lipinski definition) is 0. The van der Waals surface area contributed by atoms with Crippen LogP contribution in [0.3, 0.4) is 0 Å². The molecule has 116 valence electrons. The summed E-state index contributed by atoms with van der Waals surface area (Å²) in [6, 6.07) is 5.54. The number of carbonyl (C=O) groups is 2. The molecule has 5 nitrogen and oxygen atoms in total. The van der Waals surface area contributed by atoms with E-state index in [1.165, 1.54) is 36.1 Å². The first kappa shape index (κ1) is 16.9. The normalized spacial score (nSPS) is 10.9. The molecule has 0 fully saturated rings. The van der Waals surface area contributed by atoms with Gasteiger partial charge in [0.25, 0.3) is 0 Å². The van der Waals surface area contributed by atoms with Gasteiger partial charge in [0, 0.05) is 12.6 Å². The zero-order valence-corrected chi connectivity index (χ0v) is 12.7. The molecule has 0 radical (unpaired) electrons. The third-order valence-electron chi connectivity index (χ3n) is 2.36. The van der Waals surface area contributed by atoms with Crippen LogP contribution in [0.25, 0.3) is 0 Å². The van der Waals surface area contributed by atoms with Crippen LogP contribution in [0.5, 0.6) is 0 Å². The number of anilines is 1. The topological polar surface area (TPSA) is 55.8 Å². The molecule has 1 aromatic rings. The van der Waals surface area contributed by atoms with Crippen LogP contribution in [0.15, 0.2) is 24.3 Å². The predicted molar refractivity (Wildman–Crippen MR) is 76.2 cm³/mol. The van der Waals surface area contributed by atoms with Crippen molar-refractivity contribution < 1.29 is 23.5 Å². The van der Waals surface area contributed by atoms with E-state index in [2.05, 4.69) is 0 Å². The second-order valence-corrected chi connectivity index (χ2v) is 5.53. The molecule has 21 heavy (non-hydrogen) atoms. The SMILES string of the molecule is CC(=O)OCN(CC(=O)OC(C)(C)C)c1ccc(F)cc1. The van der Waals surface area contributed by atoms with Crippen LogP contribution in [-0.4, -0.2) is 30.8 Å². The molecular formula is C15H20FNO4. The number of nitrogens with zero attached hydrogens (tertiary/aromatic N) is 1. The number of ether oxygens (including phenoxy) is 2. The summed E-state index contributed by atoms with van der Waals surface area (Å²) in [7, 11) is 0. The Hall–Kier alpha value is -2.11. The largest absolute Gasteiger partial charge is 0.459 e. The van der Waals surface area contributed by atoms with Crippen molar-refractivity contribution in [3.05, 3.63) is 30.1 Å². The van der Waals surface area contributed by atoms with Gasteiger partial charge in [0.05, 0.1) is 0 Å². The molecule has 0 atom stereocenters. The Morgan fingerprint density at radius 3 is 2.24 bits per heavy atom. The first-order valence-electron chi connectivity index (χ1n) is 6.53. The van der Waals surface area contributed by atoms with Crippen LogP contribution >= 0.6 is 0 Å². The number of hydrogen-bond acceptors (Lipinski definition) is 5. The lowest BCUT2D eigenvalue weighted by molar-refractivity contribution is -0.154. The molecule has 0 heterocycles. The summed E-state index contributed by atoms with van der Waals surface area (Å²) in [6.07, 6.45) is 0. The van der Waals surface area contributed by atoms with E-state index < -0.39 is 17.5 Å². The average Bonchev–Trinajstić information content (AvgIpc) is 2.33. The Bertz CT molecular complexity index is 493. The fourth-order valence-electron chi connectivity index (χ4n) is 1.56. The molecule has 6 heteroatoms. The second-order valence-electron chi connectivity index (χ2n) is 5.53. The van der Waals surface area contributed by atoms with Crippen molar-refractivity contribution in [2.24, 2.45) is 0 Å². The summed E-state index contributed by atoms with van der Waals surface area (Å²) in [5.41, 5.74) is -0.0454. The van der Waals surface area contributed by atoms with E-state index in [4.69, 9.17) is 9.47 Å². The number of benzene rings is 1. The summed E-state index contributed by atoms with van der Waals surface area (Å²) >= 11 is 0. The summed E-state index contributed by atoms with van der Waals surface area (Å²) < 4.78 is 23.1. The van der Waals surface area contributed by atoms with Crippen molar-refractivity contribution in [1.82, 2.24) is 0 Å². The third kappa shape index (κ3) is 6.74. The van der Waals surface area contributed by atoms with Crippen LogP contribution in [-0.2, 0) is 19.1 Å². The van der Waals surface area contributed by atoms with Gasteiger partial charge in [-0.25, -0.2) is 4.39 Å². The van der Waals surface area contributed by atoms with Crippen LogP contribution in [0.1, 0.15) is 27.7 Å². The van der Waals surface area contributed by atoms with Crippen LogP contribution in [0.2, 0.25) is 0 Å². The lowest BCUT2D eigenvalue weighted by Gasteiger charge is -2.26. The van der Waals surface area contributed by atoms with E-state index in [0.29, 0.717) is 5.69 Å². The van der Waals surface area contributed by atoms with Gasteiger partial charge in [-0.15, -0.1) is 0 Å². The summed E-state index contributed by atoms with van der Waals surface area (Å²) in [6.45, 7) is 6.35. The van der Waals surface area contributed by atoms with Crippen molar-refractivity contribution in [3.63, 3.8) is 0 Å². The first-order valence-corrected chi connectivity index (χ1v) is 6.53. The maximum Gasteiger partial charge on any atom is 0.326 e. The quantitative estimate of drug-likeness (QED) is 0.617. The highest BCUT2D eigenvalue weighted by Crippen LogP contribution is 2.16. The zero-order valence-electron chi connectivity index (χ0n) is 12.7. The summed E-state index contributed by atoms with van der Waals surface area (Å²) in [4.78, 5) is 24.3. The zero-order chi connectivity index (χ0) is 16.0. The monoisotopic (exact) mass is 297 g/mol. The minimum absolute atomic E-state index is 0.101. The van der Waals surface area contributed by atoms with Gasteiger partial charge in [-0.3, -0.25) is 9.59 Å². The Labute approximate surface area is 123 Å². The standard InChI is InChI=1S/C15H20FNO4/c1-11(18)20-10-17(9-14(19)21-15(2,3)4)13-7-5-12(16)6-8-13/h5-8H,9-10H2,1-4H3. The van der Waals surface area contributed by atoms with Crippen molar-refractivity contribution in [2.45, 2.75) is 33.3 Å². The highest BCUT2D eigenvalue weighted by Gasteiger charge is 2.20. The molecule has 0 aliphatic heterocycles. The second kappa shape index (κ2) is 7.06. The summed E-state index contributed by atoms with van der Waals surface area (Å²) in [5.74, 6) is -1.31. The molecule has 0 amide bonds. The van der Waals surface area contributed by atoms with Crippen molar-refractivity contribution >= 4 is 17.6 Å². The van der Waals surface area contributed by atoms with Crippen LogP contribution in [0, 0.1) is 5.82 Å². The number of rotatable bonds is 5. The lowest BCUT2D eigenvalue weighted by Crippen LogP contribution is -2.36.